The van der Waals surface area contributed by atoms with E-state index in [9.17, 15) is 8.42 Å². The van der Waals surface area contributed by atoms with Crippen LogP contribution in [0.1, 0.15) is 38.5 Å². The van der Waals surface area contributed by atoms with E-state index in [4.69, 9.17) is 4.74 Å². The third-order valence-corrected chi connectivity index (χ3v) is 5.30. The highest BCUT2D eigenvalue weighted by atomic mass is 32.2. The minimum atomic E-state index is -3.10. The smallest absolute Gasteiger partial charge is 0.214 e. The van der Waals surface area contributed by atoms with Crippen molar-refractivity contribution in [2.75, 3.05) is 13.2 Å². The molecule has 0 aromatic carbocycles. The van der Waals surface area contributed by atoms with Crippen LogP contribution in [-0.4, -0.2) is 32.9 Å². The summed E-state index contributed by atoms with van der Waals surface area (Å²) in [6.45, 7) is 1.16. The van der Waals surface area contributed by atoms with Crippen LogP contribution in [0.15, 0.2) is 0 Å². The SMILES string of the molecule is O=S(=O)(NC1CCCC1)C1CCOCC1. The Morgan fingerprint density at radius 3 is 2.20 bits per heavy atom. The normalized spacial score (nSPS) is 25.9. The van der Waals surface area contributed by atoms with Crippen molar-refractivity contribution in [3.8, 4) is 0 Å². The Kier molecular flexibility index (Phi) is 3.64. The number of sulfonamides is 1. The van der Waals surface area contributed by atoms with E-state index >= 15 is 0 Å². The zero-order valence-electron chi connectivity index (χ0n) is 8.94. The summed E-state index contributed by atoms with van der Waals surface area (Å²) in [5.41, 5.74) is 0. The van der Waals surface area contributed by atoms with Crippen LogP contribution >= 0.6 is 0 Å². The van der Waals surface area contributed by atoms with E-state index in [-0.39, 0.29) is 11.3 Å². The van der Waals surface area contributed by atoms with Crippen LogP contribution in [-0.2, 0) is 14.8 Å². The molecule has 15 heavy (non-hydrogen) atoms. The molecule has 1 aliphatic carbocycles. The summed E-state index contributed by atoms with van der Waals surface area (Å²) >= 11 is 0. The maximum atomic E-state index is 12.0. The van der Waals surface area contributed by atoms with Gasteiger partial charge in [-0.1, -0.05) is 12.8 Å². The molecule has 1 N–H and O–H groups in total. The fourth-order valence-corrected chi connectivity index (χ4v) is 4.06. The van der Waals surface area contributed by atoms with Gasteiger partial charge in [-0.3, -0.25) is 0 Å². The Morgan fingerprint density at radius 1 is 1.00 bits per heavy atom. The lowest BCUT2D eigenvalue weighted by Gasteiger charge is -2.24. The maximum Gasteiger partial charge on any atom is 0.214 e. The zero-order valence-corrected chi connectivity index (χ0v) is 9.76. The summed E-state index contributed by atoms with van der Waals surface area (Å²) in [5, 5.41) is -0.230. The van der Waals surface area contributed by atoms with Crippen molar-refractivity contribution in [1.82, 2.24) is 4.72 Å². The van der Waals surface area contributed by atoms with Crippen LogP contribution in [0.4, 0.5) is 0 Å². The van der Waals surface area contributed by atoms with Crippen LogP contribution in [0.5, 0.6) is 0 Å². The molecular formula is C10H19NO3S. The molecule has 5 heteroatoms. The molecule has 4 nitrogen and oxygen atoms in total. The van der Waals surface area contributed by atoms with Gasteiger partial charge in [-0.2, -0.15) is 0 Å². The highest BCUT2D eigenvalue weighted by molar-refractivity contribution is 7.90. The average Bonchev–Trinajstić information content (AvgIpc) is 2.71. The molecule has 0 radical (unpaired) electrons. The van der Waals surface area contributed by atoms with Crippen molar-refractivity contribution in [2.24, 2.45) is 0 Å². The molecule has 0 aromatic heterocycles. The van der Waals surface area contributed by atoms with Gasteiger partial charge in [-0.05, 0) is 25.7 Å². The summed E-state index contributed by atoms with van der Waals surface area (Å²) in [5.74, 6) is 0. The molecular weight excluding hydrogens is 214 g/mol. The minimum absolute atomic E-state index is 0.192. The lowest BCUT2D eigenvalue weighted by Crippen LogP contribution is -2.42. The van der Waals surface area contributed by atoms with Gasteiger partial charge in [0.25, 0.3) is 0 Å². The van der Waals surface area contributed by atoms with Crippen molar-refractivity contribution in [1.29, 1.82) is 0 Å². The van der Waals surface area contributed by atoms with E-state index in [1.165, 1.54) is 0 Å². The van der Waals surface area contributed by atoms with Gasteiger partial charge in [0, 0.05) is 19.3 Å². The van der Waals surface area contributed by atoms with Crippen molar-refractivity contribution < 1.29 is 13.2 Å². The first-order chi connectivity index (χ1) is 7.18. The summed E-state index contributed by atoms with van der Waals surface area (Å²) in [7, 11) is -3.10. The molecule has 0 spiro atoms. The summed E-state index contributed by atoms with van der Waals surface area (Å²) in [6, 6.07) is 0.192. The minimum Gasteiger partial charge on any atom is -0.381 e. The zero-order chi connectivity index (χ0) is 10.7. The molecule has 2 aliphatic rings. The fraction of sp³-hybridized carbons (Fsp3) is 1.00. The first kappa shape index (κ1) is 11.4. The molecule has 0 aromatic rings. The highest BCUT2D eigenvalue weighted by Gasteiger charge is 2.30. The Labute approximate surface area is 91.4 Å². The Morgan fingerprint density at radius 2 is 1.60 bits per heavy atom. The molecule has 0 bridgehead atoms. The monoisotopic (exact) mass is 233 g/mol. The van der Waals surface area contributed by atoms with Gasteiger partial charge in [0.2, 0.25) is 10.0 Å². The van der Waals surface area contributed by atoms with Gasteiger partial charge >= 0.3 is 0 Å². The number of hydrogen-bond donors (Lipinski definition) is 1. The molecule has 2 fully saturated rings. The van der Waals surface area contributed by atoms with Crippen molar-refractivity contribution in [2.45, 2.75) is 49.8 Å². The van der Waals surface area contributed by atoms with E-state index in [2.05, 4.69) is 4.72 Å². The molecule has 0 atom stereocenters. The van der Waals surface area contributed by atoms with E-state index in [1.54, 1.807) is 0 Å². The topological polar surface area (TPSA) is 55.4 Å². The van der Waals surface area contributed by atoms with E-state index in [0.717, 1.165) is 25.7 Å². The molecule has 0 amide bonds. The van der Waals surface area contributed by atoms with Crippen LogP contribution in [0.3, 0.4) is 0 Å². The van der Waals surface area contributed by atoms with Gasteiger partial charge in [0.1, 0.15) is 0 Å². The van der Waals surface area contributed by atoms with Crippen LogP contribution in [0.25, 0.3) is 0 Å². The maximum absolute atomic E-state index is 12.0. The molecule has 1 saturated carbocycles. The molecule has 0 unspecified atom stereocenters. The predicted octanol–water partition coefficient (Wildman–Crippen LogP) is 1.03. The average molecular weight is 233 g/mol. The summed E-state index contributed by atoms with van der Waals surface area (Å²) < 4.78 is 32.0. The Bertz CT molecular complexity index is 290. The molecule has 1 heterocycles. The third kappa shape index (κ3) is 2.92. The second kappa shape index (κ2) is 4.80. The lowest BCUT2D eigenvalue weighted by molar-refractivity contribution is 0.0981. The molecule has 88 valence electrons. The predicted molar refractivity (Wildman–Crippen MR) is 58.2 cm³/mol. The van der Waals surface area contributed by atoms with Gasteiger partial charge < -0.3 is 4.74 Å². The Hall–Kier alpha value is -0.130. The first-order valence-corrected chi connectivity index (χ1v) is 7.32. The van der Waals surface area contributed by atoms with Crippen molar-refractivity contribution in [3.63, 3.8) is 0 Å². The Balaban J connectivity index is 1.92. The van der Waals surface area contributed by atoms with Gasteiger partial charge in [-0.25, -0.2) is 13.1 Å². The van der Waals surface area contributed by atoms with Crippen molar-refractivity contribution in [3.05, 3.63) is 0 Å². The first-order valence-electron chi connectivity index (χ1n) is 5.77. The van der Waals surface area contributed by atoms with Crippen LogP contribution in [0.2, 0.25) is 0 Å². The van der Waals surface area contributed by atoms with Gasteiger partial charge in [0.15, 0.2) is 0 Å². The molecule has 2 rings (SSSR count). The van der Waals surface area contributed by atoms with Crippen molar-refractivity contribution >= 4 is 10.0 Å². The largest absolute Gasteiger partial charge is 0.381 e. The van der Waals surface area contributed by atoms with Crippen LogP contribution < -0.4 is 4.72 Å². The van der Waals surface area contributed by atoms with E-state index in [1.807, 2.05) is 0 Å². The second-order valence-corrected chi connectivity index (χ2v) is 6.45. The lowest BCUT2D eigenvalue weighted by atomic mass is 10.2. The summed E-state index contributed by atoms with van der Waals surface area (Å²) in [6.07, 6.45) is 5.59. The fourth-order valence-electron chi connectivity index (χ4n) is 2.36. The second-order valence-electron chi connectivity index (χ2n) is 4.46. The summed E-state index contributed by atoms with van der Waals surface area (Å²) in [4.78, 5) is 0. The highest BCUT2D eigenvalue weighted by Crippen LogP contribution is 2.21. The number of hydrogen-bond acceptors (Lipinski definition) is 3. The van der Waals surface area contributed by atoms with E-state index < -0.39 is 10.0 Å². The third-order valence-electron chi connectivity index (χ3n) is 3.29. The van der Waals surface area contributed by atoms with Gasteiger partial charge in [0.05, 0.1) is 5.25 Å². The number of ether oxygens (including phenoxy) is 1. The molecule has 1 saturated heterocycles. The van der Waals surface area contributed by atoms with Gasteiger partial charge in [-0.15, -0.1) is 0 Å². The van der Waals surface area contributed by atoms with Crippen LogP contribution in [0, 0.1) is 0 Å². The standard InChI is InChI=1S/C10H19NO3S/c12-15(13,10-5-7-14-8-6-10)11-9-3-1-2-4-9/h9-11H,1-8H2. The quantitative estimate of drug-likeness (QED) is 0.792. The number of rotatable bonds is 3. The van der Waals surface area contributed by atoms with E-state index in [0.29, 0.717) is 26.1 Å². The molecule has 1 aliphatic heterocycles. The number of nitrogens with one attached hydrogen (secondary N) is 1.